The number of likely N-dealkylation sites (tertiary alicyclic amines) is 1. The Morgan fingerprint density at radius 2 is 1.78 bits per heavy atom. The molecule has 0 amide bonds. The molecule has 3 heterocycles. The Bertz CT molecular complexity index is 382. The van der Waals surface area contributed by atoms with Gasteiger partial charge in [-0.15, -0.1) is 0 Å². The molecule has 3 nitrogen and oxygen atoms in total. The summed E-state index contributed by atoms with van der Waals surface area (Å²) in [7, 11) is 2.27. The number of nitrogens with zero attached hydrogens (tertiary/aromatic N) is 3. The number of piperidine rings is 2. The van der Waals surface area contributed by atoms with Crippen molar-refractivity contribution < 1.29 is 0 Å². The van der Waals surface area contributed by atoms with E-state index in [4.69, 9.17) is 0 Å². The van der Waals surface area contributed by atoms with Crippen molar-refractivity contribution in [1.29, 1.82) is 0 Å². The fourth-order valence-electron chi connectivity index (χ4n) is 3.66. The summed E-state index contributed by atoms with van der Waals surface area (Å²) < 4.78 is 0. The van der Waals surface area contributed by atoms with Crippen LogP contribution in [0.5, 0.6) is 0 Å². The topological polar surface area (TPSA) is 19.4 Å². The van der Waals surface area contributed by atoms with Crippen molar-refractivity contribution in [3.8, 4) is 0 Å². The molecule has 18 heavy (non-hydrogen) atoms. The van der Waals surface area contributed by atoms with Gasteiger partial charge in [-0.25, -0.2) is 0 Å². The normalized spacial score (nSPS) is 24.4. The van der Waals surface area contributed by atoms with Gasteiger partial charge in [0.2, 0.25) is 0 Å². The van der Waals surface area contributed by atoms with E-state index in [1.54, 1.807) is 0 Å². The Labute approximate surface area is 110 Å². The van der Waals surface area contributed by atoms with E-state index in [1.165, 1.54) is 57.5 Å². The minimum Gasteiger partial charge on any atom is -0.371 e. The Kier molecular flexibility index (Phi) is 3.25. The SMILES string of the molecule is CN1CCCC2(CCN(c3ccncc3)CC2)C1. The maximum atomic E-state index is 4.10. The van der Waals surface area contributed by atoms with Gasteiger partial charge < -0.3 is 9.80 Å². The minimum atomic E-state index is 0.608. The predicted molar refractivity (Wildman–Crippen MR) is 74.8 cm³/mol. The molecule has 0 atom stereocenters. The standard InChI is InChI=1S/C15H23N3/c1-17-10-2-5-15(13-17)6-11-18(12-7-15)14-3-8-16-9-4-14/h3-4,8-9H,2,5-7,10-13H2,1H3. The van der Waals surface area contributed by atoms with Gasteiger partial charge in [-0.05, 0) is 56.8 Å². The van der Waals surface area contributed by atoms with Crippen molar-refractivity contribution in [3.63, 3.8) is 0 Å². The molecule has 2 aliphatic rings. The summed E-state index contributed by atoms with van der Waals surface area (Å²) in [6, 6.07) is 4.26. The molecule has 0 aromatic carbocycles. The van der Waals surface area contributed by atoms with E-state index in [9.17, 15) is 0 Å². The molecule has 0 bridgehead atoms. The Balaban J connectivity index is 1.64. The number of aromatic nitrogens is 1. The summed E-state index contributed by atoms with van der Waals surface area (Å²) in [6.07, 6.45) is 9.30. The zero-order valence-corrected chi connectivity index (χ0v) is 11.3. The number of hydrogen-bond donors (Lipinski definition) is 0. The first-order valence-electron chi connectivity index (χ1n) is 7.11. The average molecular weight is 245 g/mol. The van der Waals surface area contributed by atoms with Gasteiger partial charge >= 0.3 is 0 Å². The third-order valence-corrected chi connectivity index (χ3v) is 4.70. The van der Waals surface area contributed by atoms with Crippen molar-refractivity contribution in [2.75, 3.05) is 38.1 Å². The lowest BCUT2D eigenvalue weighted by atomic mass is 9.72. The molecule has 2 fully saturated rings. The molecule has 0 saturated carbocycles. The lowest BCUT2D eigenvalue weighted by Crippen LogP contribution is -2.48. The predicted octanol–water partition coefficient (Wildman–Crippen LogP) is 2.39. The maximum absolute atomic E-state index is 4.10. The highest BCUT2D eigenvalue weighted by atomic mass is 15.2. The monoisotopic (exact) mass is 245 g/mol. The van der Waals surface area contributed by atoms with Crippen molar-refractivity contribution >= 4 is 5.69 Å². The fraction of sp³-hybridized carbons (Fsp3) is 0.667. The number of rotatable bonds is 1. The van der Waals surface area contributed by atoms with Crippen LogP contribution < -0.4 is 4.90 Å². The quantitative estimate of drug-likeness (QED) is 0.757. The Morgan fingerprint density at radius 3 is 2.44 bits per heavy atom. The fourth-order valence-corrected chi connectivity index (χ4v) is 3.66. The summed E-state index contributed by atoms with van der Waals surface area (Å²) >= 11 is 0. The van der Waals surface area contributed by atoms with Crippen LogP contribution in [0, 0.1) is 5.41 Å². The van der Waals surface area contributed by atoms with Gasteiger partial charge in [-0.2, -0.15) is 0 Å². The highest BCUT2D eigenvalue weighted by Crippen LogP contribution is 2.40. The molecule has 1 spiro atoms. The van der Waals surface area contributed by atoms with Crippen LogP contribution >= 0.6 is 0 Å². The third kappa shape index (κ3) is 2.37. The van der Waals surface area contributed by atoms with Gasteiger partial charge in [0.15, 0.2) is 0 Å². The second kappa shape index (κ2) is 4.88. The smallest absolute Gasteiger partial charge is 0.0397 e. The molecular formula is C15H23N3. The van der Waals surface area contributed by atoms with Gasteiger partial charge in [0, 0.05) is 37.7 Å². The van der Waals surface area contributed by atoms with Crippen molar-refractivity contribution in [2.45, 2.75) is 25.7 Å². The minimum absolute atomic E-state index is 0.608. The Morgan fingerprint density at radius 1 is 1.06 bits per heavy atom. The summed E-state index contributed by atoms with van der Waals surface area (Å²) in [6.45, 7) is 5.00. The molecule has 0 aliphatic carbocycles. The lowest BCUT2D eigenvalue weighted by Gasteiger charge is -2.47. The molecule has 98 valence electrons. The van der Waals surface area contributed by atoms with Gasteiger partial charge in [-0.1, -0.05) is 0 Å². The molecule has 3 heteroatoms. The summed E-state index contributed by atoms with van der Waals surface area (Å²) in [5, 5.41) is 0. The molecule has 0 radical (unpaired) electrons. The van der Waals surface area contributed by atoms with Crippen LogP contribution in [0.3, 0.4) is 0 Å². The van der Waals surface area contributed by atoms with Crippen LogP contribution in [-0.2, 0) is 0 Å². The Hall–Kier alpha value is -1.09. The molecule has 0 N–H and O–H groups in total. The second-order valence-electron chi connectivity index (χ2n) is 6.03. The van der Waals surface area contributed by atoms with Crippen LogP contribution in [0.1, 0.15) is 25.7 Å². The summed E-state index contributed by atoms with van der Waals surface area (Å²) in [5.41, 5.74) is 1.94. The second-order valence-corrected chi connectivity index (χ2v) is 6.03. The van der Waals surface area contributed by atoms with E-state index in [2.05, 4.69) is 34.0 Å². The number of anilines is 1. The van der Waals surface area contributed by atoms with E-state index in [-0.39, 0.29) is 0 Å². The van der Waals surface area contributed by atoms with E-state index < -0.39 is 0 Å². The molecule has 1 aromatic heterocycles. The third-order valence-electron chi connectivity index (χ3n) is 4.70. The van der Waals surface area contributed by atoms with Crippen LogP contribution in [0.4, 0.5) is 5.69 Å². The van der Waals surface area contributed by atoms with Crippen molar-refractivity contribution in [1.82, 2.24) is 9.88 Å². The highest BCUT2D eigenvalue weighted by Gasteiger charge is 2.37. The van der Waals surface area contributed by atoms with E-state index in [1.807, 2.05) is 12.4 Å². The van der Waals surface area contributed by atoms with Crippen LogP contribution in [0.25, 0.3) is 0 Å². The van der Waals surface area contributed by atoms with Gasteiger partial charge in [-0.3, -0.25) is 4.98 Å². The van der Waals surface area contributed by atoms with Crippen molar-refractivity contribution in [2.24, 2.45) is 5.41 Å². The first-order valence-corrected chi connectivity index (χ1v) is 7.11. The maximum Gasteiger partial charge on any atom is 0.0397 e. The first kappa shape index (κ1) is 12.0. The van der Waals surface area contributed by atoms with Gasteiger partial charge in [0.05, 0.1) is 0 Å². The first-order chi connectivity index (χ1) is 8.77. The molecule has 2 saturated heterocycles. The van der Waals surface area contributed by atoms with E-state index >= 15 is 0 Å². The van der Waals surface area contributed by atoms with Crippen molar-refractivity contribution in [3.05, 3.63) is 24.5 Å². The zero-order valence-electron chi connectivity index (χ0n) is 11.3. The summed E-state index contributed by atoms with van der Waals surface area (Å²) in [4.78, 5) is 9.14. The summed E-state index contributed by atoms with van der Waals surface area (Å²) in [5.74, 6) is 0. The van der Waals surface area contributed by atoms with Crippen LogP contribution in [0.15, 0.2) is 24.5 Å². The average Bonchev–Trinajstić information content (AvgIpc) is 2.40. The lowest BCUT2D eigenvalue weighted by molar-refractivity contribution is 0.0822. The molecule has 2 aliphatic heterocycles. The molecule has 1 aromatic rings. The number of pyridine rings is 1. The molecule has 3 rings (SSSR count). The van der Waals surface area contributed by atoms with Crippen LogP contribution in [0.2, 0.25) is 0 Å². The van der Waals surface area contributed by atoms with E-state index in [0.717, 1.165) is 0 Å². The largest absolute Gasteiger partial charge is 0.371 e. The number of hydrogen-bond acceptors (Lipinski definition) is 3. The van der Waals surface area contributed by atoms with E-state index in [0.29, 0.717) is 5.41 Å². The molecule has 0 unspecified atom stereocenters. The van der Waals surface area contributed by atoms with Gasteiger partial charge in [0.1, 0.15) is 0 Å². The van der Waals surface area contributed by atoms with Crippen LogP contribution in [-0.4, -0.2) is 43.1 Å². The molecular weight excluding hydrogens is 222 g/mol. The van der Waals surface area contributed by atoms with Gasteiger partial charge in [0.25, 0.3) is 0 Å². The zero-order chi connectivity index (χ0) is 12.4. The highest BCUT2D eigenvalue weighted by molar-refractivity contribution is 5.45.